The number of hydrogen-bond acceptors (Lipinski definition) is 1. The van der Waals surface area contributed by atoms with E-state index in [-0.39, 0.29) is 0 Å². The minimum absolute atomic E-state index is 1.00. The first kappa shape index (κ1) is 11.2. The molecule has 2 heteroatoms. The first-order valence-electron chi connectivity index (χ1n) is 6.75. The number of fused-ring (bicyclic) bond motifs is 3. The van der Waals surface area contributed by atoms with Crippen LogP contribution in [-0.2, 0) is 0 Å². The van der Waals surface area contributed by atoms with Crippen LogP contribution in [0, 0.1) is 6.92 Å². The van der Waals surface area contributed by atoms with E-state index in [1.807, 2.05) is 12.3 Å². The number of benzene rings is 1. The highest BCUT2D eigenvalue weighted by atomic mass is 15.0. The molecule has 0 unspecified atom stereocenters. The third-order valence-electron chi connectivity index (χ3n) is 3.73. The summed E-state index contributed by atoms with van der Waals surface area (Å²) in [6.45, 7) is 2.11. The molecule has 0 radical (unpaired) electrons. The fourth-order valence-electron chi connectivity index (χ4n) is 2.70. The van der Waals surface area contributed by atoms with E-state index in [1.165, 1.54) is 22.2 Å². The van der Waals surface area contributed by atoms with Crippen LogP contribution in [0.1, 0.15) is 5.56 Å². The number of rotatable bonds is 1. The van der Waals surface area contributed by atoms with Crippen LogP contribution in [0.2, 0.25) is 0 Å². The van der Waals surface area contributed by atoms with Crippen LogP contribution in [0.25, 0.3) is 27.7 Å². The van der Waals surface area contributed by atoms with Crippen LogP contribution in [0.3, 0.4) is 0 Å². The minimum atomic E-state index is 1.00. The maximum atomic E-state index is 4.49. The van der Waals surface area contributed by atoms with E-state index >= 15 is 0 Å². The van der Waals surface area contributed by atoms with Gasteiger partial charge in [-0.2, -0.15) is 0 Å². The Kier molecular flexibility index (Phi) is 2.36. The third kappa shape index (κ3) is 1.62. The minimum Gasteiger partial charge on any atom is -0.301 e. The molecular formula is C18H14N2. The van der Waals surface area contributed by atoms with Gasteiger partial charge in [0.15, 0.2) is 0 Å². The van der Waals surface area contributed by atoms with E-state index < -0.39 is 0 Å². The average molecular weight is 258 g/mol. The zero-order chi connectivity index (χ0) is 13.5. The Bertz CT molecular complexity index is 902. The molecule has 0 bridgehead atoms. The monoisotopic (exact) mass is 258 g/mol. The SMILES string of the molecule is Cc1ccc(-c2cc3cccnc3n3cccc23)cc1. The van der Waals surface area contributed by atoms with Crippen LogP contribution in [-0.4, -0.2) is 9.38 Å². The van der Waals surface area contributed by atoms with Gasteiger partial charge in [0, 0.05) is 23.3 Å². The van der Waals surface area contributed by atoms with Crippen molar-refractivity contribution >= 4 is 16.6 Å². The summed E-state index contributed by atoms with van der Waals surface area (Å²) in [6, 6.07) is 19.2. The fourth-order valence-corrected chi connectivity index (χ4v) is 2.70. The standard InChI is InChI=1S/C18H14N2/c1-13-6-8-14(9-7-13)16-12-15-4-2-10-19-18(15)20-11-3-5-17(16)20/h2-12H,1H3. The predicted octanol–water partition coefficient (Wildman–Crippen LogP) is 4.46. The summed E-state index contributed by atoms with van der Waals surface area (Å²) in [7, 11) is 0. The molecule has 0 amide bonds. The summed E-state index contributed by atoms with van der Waals surface area (Å²) in [5.41, 5.74) is 5.96. The maximum absolute atomic E-state index is 4.49. The van der Waals surface area contributed by atoms with E-state index in [4.69, 9.17) is 0 Å². The molecule has 1 aromatic carbocycles. The largest absolute Gasteiger partial charge is 0.301 e. The summed E-state index contributed by atoms with van der Waals surface area (Å²) in [5.74, 6) is 0. The summed E-state index contributed by atoms with van der Waals surface area (Å²) >= 11 is 0. The van der Waals surface area contributed by atoms with Gasteiger partial charge in [-0.1, -0.05) is 29.8 Å². The van der Waals surface area contributed by atoms with Crippen molar-refractivity contribution in [3.63, 3.8) is 0 Å². The van der Waals surface area contributed by atoms with Crippen LogP contribution in [0.5, 0.6) is 0 Å². The molecule has 3 heterocycles. The molecule has 0 aliphatic rings. The van der Waals surface area contributed by atoms with Crippen LogP contribution >= 0.6 is 0 Å². The van der Waals surface area contributed by atoms with E-state index in [1.54, 1.807) is 0 Å². The molecule has 0 fully saturated rings. The van der Waals surface area contributed by atoms with Gasteiger partial charge in [-0.3, -0.25) is 0 Å². The Morgan fingerprint density at radius 1 is 0.950 bits per heavy atom. The van der Waals surface area contributed by atoms with Gasteiger partial charge in [0.25, 0.3) is 0 Å². The fraction of sp³-hybridized carbons (Fsp3) is 0.0556. The second-order valence-electron chi connectivity index (χ2n) is 5.10. The zero-order valence-electron chi connectivity index (χ0n) is 11.2. The van der Waals surface area contributed by atoms with Gasteiger partial charge in [-0.15, -0.1) is 0 Å². The van der Waals surface area contributed by atoms with Gasteiger partial charge < -0.3 is 4.40 Å². The lowest BCUT2D eigenvalue weighted by molar-refractivity contribution is 1.20. The first-order valence-corrected chi connectivity index (χ1v) is 6.75. The molecule has 0 aliphatic carbocycles. The molecule has 3 aromatic heterocycles. The lowest BCUT2D eigenvalue weighted by Crippen LogP contribution is -1.92. The first-order chi connectivity index (χ1) is 9.83. The molecule has 96 valence electrons. The third-order valence-corrected chi connectivity index (χ3v) is 3.73. The van der Waals surface area contributed by atoms with Crippen molar-refractivity contribution in [2.75, 3.05) is 0 Å². The normalized spacial score (nSPS) is 11.2. The second kappa shape index (κ2) is 4.20. The molecule has 0 aliphatic heterocycles. The molecule has 0 atom stereocenters. The van der Waals surface area contributed by atoms with Gasteiger partial charge in [0.1, 0.15) is 5.65 Å². The summed E-state index contributed by atoms with van der Waals surface area (Å²) in [4.78, 5) is 4.49. The zero-order valence-corrected chi connectivity index (χ0v) is 11.2. The number of aryl methyl sites for hydroxylation is 1. The van der Waals surface area contributed by atoms with Gasteiger partial charge >= 0.3 is 0 Å². The van der Waals surface area contributed by atoms with Crippen molar-refractivity contribution in [1.82, 2.24) is 9.38 Å². The van der Waals surface area contributed by atoms with Crippen molar-refractivity contribution < 1.29 is 0 Å². The Labute approximate surface area is 117 Å². The number of hydrogen-bond donors (Lipinski definition) is 0. The highest BCUT2D eigenvalue weighted by Gasteiger charge is 2.08. The topological polar surface area (TPSA) is 17.3 Å². The van der Waals surface area contributed by atoms with E-state index in [0.717, 1.165) is 11.0 Å². The Morgan fingerprint density at radius 3 is 2.65 bits per heavy atom. The van der Waals surface area contributed by atoms with E-state index in [0.29, 0.717) is 0 Å². The molecule has 0 N–H and O–H groups in total. The van der Waals surface area contributed by atoms with Crippen molar-refractivity contribution in [2.45, 2.75) is 6.92 Å². The van der Waals surface area contributed by atoms with Gasteiger partial charge in [-0.25, -0.2) is 4.98 Å². The van der Waals surface area contributed by atoms with Gasteiger partial charge in [0.05, 0.1) is 5.52 Å². The lowest BCUT2D eigenvalue weighted by Gasteiger charge is -2.09. The number of pyridine rings is 2. The van der Waals surface area contributed by atoms with Gasteiger partial charge in [0.2, 0.25) is 0 Å². The highest BCUT2D eigenvalue weighted by molar-refractivity contribution is 5.91. The van der Waals surface area contributed by atoms with Crippen LogP contribution in [0.15, 0.2) is 67.0 Å². The summed E-state index contributed by atoms with van der Waals surface area (Å²) < 4.78 is 2.16. The van der Waals surface area contributed by atoms with Crippen molar-refractivity contribution in [3.05, 3.63) is 72.6 Å². The molecule has 0 saturated heterocycles. The van der Waals surface area contributed by atoms with Crippen molar-refractivity contribution in [1.29, 1.82) is 0 Å². The summed E-state index contributed by atoms with van der Waals surface area (Å²) in [5, 5.41) is 1.16. The second-order valence-corrected chi connectivity index (χ2v) is 5.10. The number of nitrogens with zero attached hydrogens (tertiary/aromatic N) is 2. The van der Waals surface area contributed by atoms with Crippen LogP contribution < -0.4 is 0 Å². The quantitative estimate of drug-likeness (QED) is 0.492. The lowest BCUT2D eigenvalue weighted by atomic mass is 10.0. The van der Waals surface area contributed by atoms with E-state index in [9.17, 15) is 0 Å². The molecule has 2 nitrogen and oxygen atoms in total. The Hall–Kier alpha value is -2.61. The maximum Gasteiger partial charge on any atom is 0.144 e. The van der Waals surface area contributed by atoms with Gasteiger partial charge in [-0.05, 0) is 42.8 Å². The summed E-state index contributed by atoms with van der Waals surface area (Å²) in [6.07, 6.45) is 3.91. The average Bonchev–Trinajstić information content (AvgIpc) is 2.97. The number of aromatic nitrogens is 2. The van der Waals surface area contributed by atoms with E-state index in [2.05, 4.69) is 71.0 Å². The van der Waals surface area contributed by atoms with Crippen molar-refractivity contribution in [2.24, 2.45) is 0 Å². The molecule has 4 rings (SSSR count). The smallest absolute Gasteiger partial charge is 0.144 e. The van der Waals surface area contributed by atoms with Crippen molar-refractivity contribution in [3.8, 4) is 11.1 Å². The Morgan fingerprint density at radius 2 is 1.80 bits per heavy atom. The molecule has 20 heavy (non-hydrogen) atoms. The molecule has 0 spiro atoms. The molecular weight excluding hydrogens is 244 g/mol. The molecule has 4 aromatic rings. The van der Waals surface area contributed by atoms with Crippen LogP contribution in [0.4, 0.5) is 0 Å². The predicted molar refractivity (Wildman–Crippen MR) is 82.9 cm³/mol. The highest BCUT2D eigenvalue weighted by Crippen LogP contribution is 2.29. The molecule has 0 saturated carbocycles. The Balaban J connectivity index is 2.11.